The summed E-state index contributed by atoms with van der Waals surface area (Å²) in [7, 11) is 1.40. The number of hydrogen-bond donors (Lipinski definition) is 1. The van der Waals surface area contributed by atoms with Crippen LogP contribution in [-0.2, 0) is 16.0 Å². The molecule has 86 valence electrons. The number of nitrogens with two attached hydrogens (primary N) is 1. The number of benzene rings is 1. The van der Waals surface area contributed by atoms with E-state index in [9.17, 15) is 4.79 Å². The van der Waals surface area contributed by atoms with Gasteiger partial charge in [-0.2, -0.15) is 0 Å². The molecule has 3 heteroatoms. The van der Waals surface area contributed by atoms with Gasteiger partial charge in [-0.3, -0.25) is 4.79 Å². The summed E-state index contributed by atoms with van der Waals surface area (Å²) in [6.45, 7) is 0. The third-order valence-electron chi connectivity index (χ3n) is 3.53. The highest BCUT2D eigenvalue weighted by atomic mass is 16.5. The van der Waals surface area contributed by atoms with E-state index < -0.39 is 5.54 Å². The normalized spacial score (nSPS) is 28.2. The van der Waals surface area contributed by atoms with E-state index in [2.05, 4.69) is 12.1 Å². The molecule has 0 saturated heterocycles. The number of esters is 1. The van der Waals surface area contributed by atoms with Crippen LogP contribution >= 0.6 is 0 Å². The predicted molar refractivity (Wildman–Crippen MR) is 61.8 cm³/mol. The van der Waals surface area contributed by atoms with Gasteiger partial charge in [0.05, 0.1) is 7.11 Å². The lowest BCUT2D eigenvalue weighted by Gasteiger charge is -2.44. The average molecular weight is 219 g/mol. The standard InChI is InChI=1S/C13H17NO2/c1-16-12(15)13(14)8-7-11(13)9-10-5-3-2-4-6-10/h2-6,11H,7-9,14H2,1H3/t11-,13+/m1/s1. The Morgan fingerprint density at radius 1 is 1.50 bits per heavy atom. The first kappa shape index (κ1) is 11.1. The number of rotatable bonds is 3. The summed E-state index contributed by atoms with van der Waals surface area (Å²) in [5.74, 6) is -0.0676. The van der Waals surface area contributed by atoms with Crippen molar-refractivity contribution in [2.75, 3.05) is 7.11 Å². The van der Waals surface area contributed by atoms with Gasteiger partial charge in [-0.15, -0.1) is 0 Å². The van der Waals surface area contributed by atoms with E-state index in [1.807, 2.05) is 18.2 Å². The second-order valence-corrected chi connectivity index (χ2v) is 4.46. The zero-order valence-electron chi connectivity index (χ0n) is 9.48. The summed E-state index contributed by atoms with van der Waals surface area (Å²) in [5, 5.41) is 0. The molecule has 0 amide bonds. The van der Waals surface area contributed by atoms with Crippen molar-refractivity contribution in [1.82, 2.24) is 0 Å². The fourth-order valence-corrected chi connectivity index (χ4v) is 2.30. The van der Waals surface area contributed by atoms with Crippen LogP contribution < -0.4 is 5.73 Å². The molecule has 2 rings (SSSR count). The van der Waals surface area contributed by atoms with Gasteiger partial charge in [-0.25, -0.2) is 0 Å². The number of carbonyl (C=O) groups is 1. The largest absolute Gasteiger partial charge is 0.468 e. The average Bonchev–Trinajstić information content (AvgIpc) is 2.34. The molecule has 1 aromatic rings. The van der Waals surface area contributed by atoms with Gasteiger partial charge >= 0.3 is 5.97 Å². The molecule has 1 aliphatic rings. The van der Waals surface area contributed by atoms with Crippen molar-refractivity contribution < 1.29 is 9.53 Å². The molecule has 2 N–H and O–H groups in total. The molecule has 3 nitrogen and oxygen atoms in total. The molecule has 0 spiro atoms. The minimum atomic E-state index is -0.759. The lowest BCUT2D eigenvalue weighted by Crippen LogP contribution is -2.61. The van der Waals surface area contributed by atoms with Crippen LogP contribution in [0, 0.1) is 5.92 Å². The molecule has 0 bridgehead atoms. The monoisotopic (exact) mass is 219 g/mol. The number of hydrogen-bond acceptors (Lipinski definition) is 3. The number of methoxy groups -OCH3 is 1. The fraction of sp³-hybridized carbons (Fsp3) is 0.462. The Hall–Kier alpha value is -1.35. The van der Waals surface area contributed by atoms with Crippen molar-refractivity contribution in [3.05, 3.63) is 35.9 Å². The van der Waals surface area contributed by atoms with E-state index in [0.717, 1.165) is 19.3 Å². The smallest absolute Gasteiger partial charge is 0.326 e. The minimum Gasteiger partial charge on any atom is -0.468 e. The maximum atomic E-state index is 11.6. The maximum absolute atomic E-state index is 11.6. The Balaban J connectivity index is 2.05. The van der Waals surface area contributed by atoms with E-state index >= 15 is 0 Å². The zero-order valence-corrected chi connectivity index (χ0v) is 9.48. The molecule has 1 aromatic carbocycles. The molecule has 0 unspecified atom stereocenters. The first-order valence-electron chi connectivity index (χ1n) is 5.58. The first-order chi connectivity index (χ1) is 7.66. The van der Waals surface area contributed by atoms with Gasteiger partial charge in [0.1, 0.15) is 5.54 Å². The lowest BCUT2D eigenvalue weighted by atomic mass is 9.65. The van der Waals surface area contributed by atoms with Crippen LogP contribution in [0.25, 0.3) is 0 Å². The fourth-order valence-electron chi connectivity index (χ4n) is 2.30. The Labute approximate surface area is 95.6 Å². The highest BCUT2D eigenvalue weighted by molar-refractivity contribution is 5.82. The van der Waals surface area contributed by atoms with Crippen molar-refractivity contribution in [2.45, 2.75) is 24.8 Å². The topological polar surface area (TPSA) is 52.3 Å². The van der Waals surface area contributed by atoms with Crippen LogP contribution in [0.15, 0.2) is 30.3 Å². The second-order valence-electron chi connectivity index (χ2n) is 4.46. The summed E-state index contributed by atoms with van der Waals surface area (Å²) < 4.78 is 4.76. The van der Waals surface area contributed by atoms with Gasteiger partial charge in [-0.1, -0.05) is 30.3 Å². The molecule has 16 heavy (non-hydrogen) atoms. The molecule has 0 radical (unpaired) electrons. The van der Waals surface area contributed by atoms with Crippen molar-refractivity contribution >= 4 is 5.97 Å². The third kappa shape index (κ3) is 1.83. The van der Waals surface area contributed by atoms with Crippen LogP contribution in [0.3, 0.4) is 0 Å². The summed E-state index contributed by atoms with van der Waals surface area (Å²) in [4.78, 5) is 11.6. The Bertz CT molecular complexity index is 377. The highest BCUT2D eigenvalue weighted by Crippen LogP contribution is 2.39. The summed E-state index contributed by atoms with van der Waals surface area (Å²) in [6, 6.07) is 10.1. The van der Waals surface area contributed by atoms with Gasteiger partial charge in [0.25, 0.3) is 0 Å². The molecule has 1 aliphatic carbocycles. The van der Waals surface area contributed by atoms with Crippen molar-refractivity contribution in [1.29, 1.82) is 0 Å². The number of carbonyl (C=O) groups excluding carboxylic acids is 1. The van der Waals surface area contributed by atoms with Crippen LogP contribution in [-0.4, -0.2) is 18.6 Å². The van der Waals surface area contributed by atoms with Crippen molar-refractivity contribution in [3.8, 4) is 0 Å². The molecular weight excluding hydrogens is 202 g/mol. The molecule has 0 heterocycles. The number of ether oxygens (including phenoxy) is 1. The molecule has 1 saturated carbocycles. The molecule has 0 aromatic heterocycles. The SMILES string of the molecule is COC(=O)[C@]1(N)CC[C@@H]1Cc1ccccc1. The van der Waals surface area contributed by atoms with Crippen molar-refractivity contribution in [2.24, 2.45) is 11.7 Å². The Morgan fingerprint density at radius 2 is 2.19 bits per heavy atom. The Kier molecular flexibility index (Phi) is 2.97. The van der Waals surface area contributed by atoms with Gasteiger partial charge < -0.3 is 10.5 Å². The lowest BCUT2D eigenvalue weighted by molar-refractivity contribution is -0.154. The summed E-state index contributed by atoms with van der Waals surface area (Å²) in [6.07, 6.45) is 2.59. The molecule has 1 fully saturated rings. The zero-order chi connectivity index (χ0) is 11.6. The highest BCUT2D eigenvalue weighted by Gasteiger charge is 2.50. The molecule has 2 atom stereocenters. The van der Waals surface area contributed by atoms with E-state index in [1.165, 1.54) is 12.7 Å². The van der Waals surface area contributed by atoms with Gasteiger partial charge in [0.2, 0.25) is 0 Å². The quantitative estimate of drug-likeness (QED) is 0.784. The molecular formula is C13H17NO2. The second kappa shape index (κ2) is 4.26. The first-order valence-corrected chi connectivity index (χ1v) is 5.58. The minimum absolute atomic E-state index is 0.211. The van der Waals surface area contributed by atoms with E-state index in [-0.39, 0.29) is 11.9 Å². The summed E-state index contributed by atoms with van der Waals surface area (Å²) >= 11 is 0. The summed E-state index contributed by atoms with van der Waals surface area (Å²) in [5.41, 5.74) is 6.54. The Morgan fingerprint density at radius 3 is 2.69 bits per heavy atom. The predicted octanol–water partition coefficient (Wildman–Crippen LogP) is 1.51. The van der Waals surface area contributed by atoms with Gasteiger partial charge in [0, 0.05) is 0 Å². The van der Waals surface area contributed by atoms with Gasteiger partial charge in [0.15, 0.2) is 0 Å². The molecule has 0 aliphatic heterocycles. The van der Waals surface area contributed by atoms with Crippen LogP contribution in [0.4, 0.5) is 0 Å². The van der Waals surface area contributed by atoms with Crippen LogP contribution in [0.2, 0.25) is 0 Å². The van der Waals surface area contributed by atoms with Crippen molar-refractivity contribution in [3.63, 3.8) is 0 Å². The van der Waals surface area contributed by atoms with E-state index in [1.54, 1.807) is 0 Å². The van der Waals surface area contributed by atoms with E-state index in [4.69, 9.17) is 10.5 Å². The van der Waals surface area contributed by atoms with Crippen LogP contribution in [0.1, 0.15) is 18.4 Å². The van der Waals surface area contributed by atoms with Crippen LogP contribution in [0.5, 0.6) is 0 Å². The maximum Gasteiger partial charge on any atom is 0.326 e. The van der Waals surface area contributed by atoms with Gasteiger partial charge in [-0.05, 0) is 30.7 Å². The third-order valence-corrected chi connectivity index (χ3v) is 3.53. The van der Waals surface area contributed by atoms with E-state index in [0.29, 0.717) is 0 Å².